The minimum absolute atomic E-state index is 0.464. The van der Waals surface area contributed by atoms with Gasteiger partial charge in [-0.05, 0) is 86.6 Å². The van der Waals surface area contributed by atoms with Gasteiger partial charge in [0.15, 0.2) is 5.58 Å². The predicted octanol–water partition coefficient (Wildman–Crippen LogP) is 7.88. The molecule has 3 nitrogen and oxygen atoms in total. The first-order chi connectivity index (χ1) is 14.9. The van der Waals surface area contributed by atoms with Gasteiger partial charge in [0.25, 0.3) is 0 Å². The maximum absolute atomic E-state index is 6.56. The summed E-state index contributed by atoms with van der Waals surface area (Å²) in [6.45, 7) is 11.5. The van der Waals surface area contributed by atoms with Gasteiger partial charge in [-0.25, -0.2) is 4.98 Å². The zero-order chi connectivity index (χ0) is 21.9. The largest absolute Gasteiger partial charge is 0.496 e. The molecule has 0 fully saturated rings. The van der Waals surface area contributed by atoms with E-state index in [2.05, 4.69) is 40.7 Å². The van der Waals surface area contributed by atoms with E-state index < -0.39 is 0 Å². The molecule has 162 valence electrons. The average molecular weight is 416 g/mol. The van der Waals surface area contributed by atoms with E-state index in [-0.39, 0.29) is 0 Å². The molecule has 1 unspecified atom stereocenters. The third-order valence-corrected chi connectivity index (χ3v) is 7.54. The van der Waals surface area contributed by atoms with Crippen LogP contribution in [0.25, 0.3) is 22.6 Å². The van der Waals surface area contributed by atoms with Gasteiger partial charge in [-0.2, -0.15) is 0 Å². The topological polar surface area (TPSA) is 35.3 Å². The second-order valence-corrected chi connectivity index (χ2v) is 9.91. The normalized spacial score (nSPS) is 24.7. The number of benzene rings is 2. The first-order valence-electron chi connectivity index (χ1n) is 11.7. The summed E-state index contributed by atoms with van der Waals surface area (Å²) in [5, 5.41) is 0. The lowest BCUT2D eigenvalue weighted by Crippen LogP contribution is -2.28. The molecule has 3 heteroatoms. The molecule has 31 heavy (non-hydrogen) atoms. The highest BCUT2D eigenvalue weighted by Crippen LogP contribution is 2.55. The van der Waals surface area contributed by atoms with E-state index in [9.17, 15) is 0 Å². The van der Waals surface area contributed by atoms with Crippen LogP contribution in [0.2, 0.25) is 0 Å². The standard InChI is InChI=1S/C28H33NO2/c1-15(2)13-19-14-17(4)20-12-11-16(3)23-25(20)24(19)18(5)26-27(23)31-28(29-26)21-9-7-8-10-22(21)30-6/h7-10,13,16-17,19-20H,11-12,14H2,1-6H3/t16-,17-,19+,20?/m0/s1. The molecule has 0 aliphatic heterocycles. The van der Waals surface area contributed by atoms with Crippen LogP contribution in [-0.2, 0) is 0 Å². The maximum Gasteiger partial charge on any atom is 0.231 e. The van der Waals surface area contributed by atoms with Crippen LogP contribution < -0.4 is 4.74 Å². The molecular weight excluding hydrogens is 382 g/mol. The number of aromatic nitrogens is 1. The van der Waals surface area contributed by atoms with Crippen molar-refractivity contribution in [3.63, 3.8) is 0 Å². The highest BCUT2D eigenvalue weighted by molar-refractivity contribution is 5.87. The zero-order valence-corrected chi connectivity index (χ0v) is 19.6. The van der Waals surface area contributed by atoms with E-state index in [0.29, 0.717) is 29.6 Å². The molecule has 0 spiro atoms. The van der Waals surface area contributed by atoms with Crippen molar-refractivity contribution in [2.45, 2.75) is 71.6 Å². The molecule has 0 bridgehead atoms. The number of methoxy groups -OCH3 is 1. The number of nitrogens with zero attached hydrogens (tertiary/aromatic N) is 1. The zero-order valence-electron chi connectivity index (χ0n) is 19.6. The number of para-hydroxylation sites is 1. The molecule has 2 aliphatic rings. The fourth-order valence-electron chi connectivity index (χ4n) is 6.18. The van der Waals surface area contributed by atoms with Gasteiger partial charge in [0, 0.05) is 11.5 Å². The van der Waals surface area contributed by atoms with Crippen molar-refractivity contribution in [3.8, 4) is 17.2 Å². The van der Waals surface area contributed by atoms with Crippen molar-refractivity contribution < 1.29 is 9.15 Å². The number of oxazole rings is 1. The van der Waals surface area contributed by atoms with Gasteiger partial charge in [0.05, 0.1) is 12.7 Å². The second-order valence-electron chi connectivity index (χ2n) is 9.91. The highest BCUT2D eigenvalue weighted by atomic mass is 16.5. The van der Waals surface area contributed by atoms with E-state index in [1.54, 1.807) is 12.7 Å². The Hall–Kier alpha value is -2.55. The molecule has 0 saturated carbocycles. The Labute approximate surface area is 185 Å². The fourth-order valence-corrected chi connectivity index (χ4v) is 6.18. The van der Waals surface area contributed by atoms with Crippen LogP contribution in [0.1, 0.15) is 87.0 Å². The molecule has 2 aromatic carbocycles. The Morgan fingerprint density at radius 1 is 1.10 bits per heavy atom. The molecule has 4 atom stereocenters. The number of hydrogen-bond acceptors (Lipinski definition) is 3. The number of ether oxygens (including phenoxy) is 1. The number of hydrogen-bond donors (Lipinski definition) is 0. The Bertz CT molecular complexity index is 1180. The first-order valence-corrected chi connectivity index (χ1v) is 11.7. The fraction of sp³-hybridized carbons (Fsp3) is 0.464. The molecule has 0 saturated heterocycles. The lowest BCUT2D eigenvalue weighted by atomic mass is 9.62. The van der Waals surface area contributed by atoms with Gasteiger partial charge in [0.2, 0.25) is 5.89 Å². The third kappa shape index (κ3) is 3.12. The van der Waals surface area contributed by atoms with Gasteiger partial charge in [-0.1, -0.05) is 37.6 Å². The summed E-state index contributed by atoms with van der Waals surface area (Å²) in [6.07, 6.45) is 6.20. The molecule has 1 heterocycles. The molecule has 5 rings (SSSR count). The van der Waals surface area contributed by atoms with Gasteiger partial charge < -0.3 is 9.15 Å². The SMILES string of the molecule is COc1ccccc1-c1nc2c(C)c3c4c(c2o1)[C@@H](C)CCC4[C@@H](C)C[C@H]3C=C(C)C. The van der Waals surface area contributed by atoms with Crippen LogP contribution in [0.3, 0.4) is 0 Å². The van der Waals surface area contributed by atoms with E-state index in [1.807, 2.05) is 24.3 Å². The monoisotopic (exact) mass is 415 g/mol. The third-order valence-electron chi connectivity index (χ3n) is 7.54. The van der Waals surface area contributed by atoms with Gasteiger partial charge in [0.1, 0.15) is 11.3 Å². The minimum Gasteiger partial charge on any atom is -0.496 e. The molecule has 0 N–H and O–H groups in total. The summed E-state index contributed by atoms with van der Waals surface area (Å²) in [4.78, 5) is 5.06. The second kappa shape index (κ2) is 7.55. The van der Waals surface area contributed by atoms with E-state index in [1.165, 1.54) is 41.5 Å². The Morgan fingerprint density at radius 3 is 2.61 bits per heavy atom. The van der Waals surface area contributed by atoms with Crippen molar-refractivity contribution >= 4 is 11.1 Å². The summed E-state index contributed by atoms with van der Waals surface area (Å²) < 4.78 is 12.2. The van der Waals surface area contributed by atoms with Crippen LogP contribution in [0.5, 0.6) is 5.75 Å². The molecule has 1 aromatic heterocycles. The molecule has 0 amide bonds. The van der Waals surface area contributed by atoms with Crippen LogP contribution >= 0.6 is 0 Å². The van der Waals surface area contributed by atoms with Crippen molar-refractivity contribution in [2.75, 3.05) is 7.11 Å². The smallest absolute Gasteiger partial charge is 0.231 e. The van der Waals surface area contributed by atoms with Crippen molar-refractivity contribution in [1.82, 2.24) is 4.98 Å². The van der Waals surface area contributed by atoms with Gasteiger partial charge in [-0.15, -0.1) is 0 Å². The number of rotatable bonds is 3. The minimum atomic E-state index is 0.464. The van der Waals surface area contributed by atoms with E-state index in [0.717, 1.165) is 22.4 Å². The molecule has 3 aromatic rings. The number of allylic oxidation sites excluding steroid dienone is 2. The summed E-state index contributed by atoms with van der Waals surface area (Å²) in [5.74, 6) is 3.73. The van der Waals surface area contributed by atoms with Crippen molar-refractivity contribution in [2.24, 2.45) is 5.92 Å². The van der Waals surface area contributed by atoms with Gasteiger partial charge in [-0.3, -0.25) is 0 Å². The summed E-state index contributed by atoms with van der Waals surface area (Å²) >= 11 is 0. The predicted molar refractivity (Wildman–Crippen MR) is 127 cm³/mol. The summed E-state index contributed by atoms with van der Waals surface area (Å²) in [6, 6.07) is 8.00. The first kappa shape index (κ1) is 20.4. The molecule has 0 radical (unpaired) electrons. The molecule has 2 aliphatic carbocycles. The highest BCUT2D eigenvalue weighted by Gasteiger charge is 2.40. The molecular formula is C28H33NO2. The van der Waals surface area contributed by atoms with Crippen LogP contribution in [0.15, 0.2) is 40.3 Å². The van der Waals surface area contributed by atoms with Crippen LogP contribution in [0.4, 0.5) is 0 Å². The Kier molecular flexibility index (Phi) is 4.96. The Balaban J connectivity index is 1.83. The van der Waals surface area contributed by atoms with Crippen molar-refractivity contribution in [1.29, 1.82) is 0 Å². The lowest BCUT2D eigenvalue weighted by Gasteiger charge is -2.42. The van der Waals surface area contributed by atoms with Crippen molar-refractivity contribution in [3.05, 3.63) is 58.2 Å². The maximum atomic E-state index is 6.56. The summed E-state index contributed by atoms with van der Waals surface area (Å²) in [7, 11) is 1.70. The van der Waals surface area contributed by atoms with Gasteiger partial charge >= 0.3 is 0 Å². The number of fused-ring (bicyclic) bond motifs is 2. The van der Waals surface area contributed by atoms with Crippen LogP contribution in [0, 0.1) is 12.8 Å². The number of aryl methyl sites for hydroxylation is 1. The quantitative estimate of drug-likeness (QED) is 0.408. The average Bonchev–Trinajstić information content (AvgIpc) is 3.18. The lowest BCUT2D eigenvalue weighted by molar-refractivity contribution is 0.332. The Morgan fingerprint density at radius 2 is 1.87 bits per heavy atom. The van der Waals surface area contributed by atoms with Crippen LogP contribution in [-0.4, -0.2) is 12.1 Å². The van der Waals surface area contributed by atoms with E-state index in [4.69, 9.17) is 14.1 Å². The van der Waals surface area contributed by atoms with E-state index >= 15 is 0 Å². The summed E-state index contributed by atoms with van der Waals surface area (Å²) in [5.41, 5.74) is 10.2.